The SMILES string of the molecule is CC[C@@H](Nc1nc(Nc2ccc(F)c(Cl)c2)nc2c(Br)cccc12)c1cccs1. The van der Waals surface area contributed by atoms with Crippen LogP contribution in [0.1, 0.15) is 24.3 Å². The van der Waals surface area contributed by atoms with Crippen LogP contribution in [0.5, 0.6) is 0 Å². The summed E-state index contributed by atoms with van der Waals surface area (Å²) in [6.45, 7) is 2.14. The summed E-state index contributed by atoms with van der Waals surface area (Å²) in [6.07, 6.45) is 0.913. The number of hydrogen-bond donors (Lipinski definition) is 2. The zero-order valence-corrected chi connectivity index (χ0v) is 18.6. The molecule has 2 aromatic carbocycles. The molecule has 4 rings (SSSR count). The zero-order valence-electron chi connectivity index (χ0n) is 15.4. The Hall–Kier alpha value is -2.22. The Bertz CT molecular complexity index is 1150. The average molecular weight is 492 g/mol. The smallest absolute Gasteiger partial charge is 0.229 e. The summed E-state index contributed by atoms with van der Waals surface area (Å²) >= 11 is 11.2. The van der Waals surface area contributed by atoms with Crippen molar-refractivity contribution in [2.24, 2.45) is 0 Å². The van der Waals surface area contributed by atoms with Crippen molar-refractivity contribution < 1.29 is 4.39 Å². The van der Waals surface area contributed by atoms with Crippen LogP contribution in [0.3, 0.4) is 0 Å². The first-order valence-corrected chi connectivity index (χ1v) is 11.1. The van der Waals surface area contributed by atoms with Crippen LogP contribution in [0.25, 0.3) is 10.9 Å². The van der Waals surface area contributed by atoms with E-state index in [1.807, 2.05) is 24.3 Å². The fourth-order valence-corrected chi connectivity index (χ4v) is 4.51. The largest absolute Gasteiger partial charge is 0.362 e. The summed E-state index contributed by atoms with van der Waals surface area (Å²) in [6, 6.07) is 14.6. The first-order valence-electron chi connectivity index (χ1n) is 9.03. The van der Waals surface area contributed by atoms with Gasteiger partial charge in [0, 0.05) is 20.4 Å². The first kappa shape index (κ1) is 20.1. The highest BCUT2D eigenvalue weighted by atomic mass is 79.9. The molecule has 0 aliphatic rings. The molecule has 0 fully saturated rings. The molecule has 148 valence electrons. The molecule has 4 nitrogen and oxygen atoms in total. The number of hydrogen-bond acceptors (Lipinski definition) is 5. The van der Waals surface area contributed by atoms with Gasteiger partial charge in [-0.15, -0.1) is 11.3 Å². The van der Waals surface area contributed by atoms with Crippen LogP contribution in [0, 0.1) is 5.82 Å². The molecule has 0 amide bonds. The van der Waals surface area contributed by atoms with Crippen LogP contribution in [-0.4, -0.2) is 9.97 Å². The van der Waals surface area contributed by atoms with Gasteiger partial charge in [-0.1, -0.05) is 30.7 Å². The molecular weight excluding hydrogens is 475 g/mol. The number of rotatable bonds is 6. The lowest BCUT2D eigenvalue weighted by molar-refractivity contribution is 0.628. The monoisotopic (exact) mass is 490 g/mol. The second-order valence-corrected chi connectivity index (χ2v) is 8.65. The van der Waals surface area contributed by atoms with E-state index in [9.17, 15) is 4.39 Å². The molecule has 2 N–H and O–H groups in total. The molecule has 1 atom stereocenters. The third kappa shape index (κ3) is 4.37. The van der Waals surface area contributed by atoms with E-state index in [-0.39, 0.29) is 11.1 Å². The topological polar surface area (TPSA) is 49.8 Å². The fourth-order valence-electron chi connectivity index (χ4n) is 3.01. The van der Waals surface area contributed by atoms with Crippen LogP contribution < -0.4 is 10.6 Å². The molecule has 0 unspecified atom stereocenters. The van der Waals surface area contributed by atoms with Gasteiger partial charge in [-0.2, -0.15) is 4.98 Å². The van der Waals surface area contributed by atoms with Gasteiger partial charge in [0.05, 0.1) is 16.6 Å². The third-order valence-corrected chi connectivity index (χ3v) is 6.37. The van der Waals surface area contributed by atoms with E-state index in [0.717, 1.165) is 27.6 Å². The van der Waals surface area contributed by atoms with E-state index in [1.165, 1.54) is 17.0 Å². The highest BCUT2D eigenvalue weighted by Crippen LogP contribution is 2.33. The minimum Gasteiger partial charge on any atom is -0.362 e. The fraction of sp³-hybridized carbons (Fsp3) is 0.143. The molecule has 4 aromatic rings. The number of fused-ring (bicyclic) bond motifs is 1. The van der Waals surface area contributed by atoms with Crippen molar-refractivity contribution >= 4 is 67.2 Å². The third-order valence-electron chi connectivity index (χ3n) is 4.46. The van der Waals surface area contributed by atoms with Crippen molar-refractivity contribution in [2.45, 2.75) is 19.4 Å². The Labute approximate surface area is 185 Å². The highest BCUT2D eigenvalue weighted by Gasteiger charge is 2.16. The Kier molecular flexibility index (Phi) is 5.99. The number of aromatic nitrogens is 2. The van der Waals surface area contributed by atoms with E-state index >= 15 is 0 Å². The lowest BCUT2D eigenvalue weighted by Gasteiger charge is -2.19. The molecule has 0 radical (unpaired) electrons. The maximum absolute atomic E-state index is 13.5. The molecular formula is C21H17BrClFN4S. The number of nitrogens with one attached hydrogen (secondary N) is 2. The van der Waals surface area contributed by atoms with Gasteiger partial charge in [0.2, 0.25) is 5.95 Å². The molecule has 2 heterocycles. The molecule has 0 aliphatic carbocycles. The van der Waals surface area contributed by atoms with Crippen LogP contribution >= 0.6 is 38.9 Å². The molecule has 0 saturated carbocycles. The predicted molar refractivity (Wildman–Crippen MR) is 123 cm³/mol. The van der Waals surface area contributed by atoms with Crippen LogP contribution in [-0.2, 0) is 0 Å². The van der Waals surface area contributed by atoms with Gasteiger partial charge < -0.3 is 10.6 Å². The summed E-state index contributed by atoms with van der Waals surface area (Å²) in [5, 5.41) is 9.71. The normalized spacial score (nSPS) is 12.1. The molecule has 0 saturated heterocycles. The first-order chi connectivity index (χ1) is 14.0. The van der Waals surface area contributed by atoms with Crippen LogP contribution in [0.15, 0.2) is 58.4 Å². The number of benzene rings is 2. The summed E-state index contributed by atoms with van der Waals surface area (Å²) in [7, 11) is 0. The standard InChI is InChI=1S/C21H17BrClFN4S/c1-2-17(18-7-4-10-29-18)26-20-13-5-3-6-14(22)19(13)27-21(28-20)25-12-8-9-16(24)15(23)11-12/h3-11,17H,2H2,1H3,(H2,25,26,27,28)/t17-/m1/s1. The number of thiophene rings is 1. The van der Waals surface area contributed by atoms with Crippen molar-refractivity contribution in [3.05, 3.63) is 74.1 Å². The average Bonchev–Trinajstić information content (AvgIpc) is 3.24. The van der Waals surface area contributed by atoms with Crippen molar-refractivity contribution in [1.82, 2.24) is 9.97 Å². The van der Waals surface area contributed by atoms with Gasteiger partial charge in [-0.3, -0.25) is 0 Å². The zero-order chi connectivity index (χ0) is 20.4. The molecule has 0 spiro atoms. The van der Waals surface area contributed by atoms with Crippen molar-refractivity contribution in [3.8, 4) is 0 Å². The van der Waals surface area contributed by atoms with Crippen molar-refractivity contribution in [3.63, 3.8) is 0 Å². The molecule has 2 aromatic heterocycles. The van der Waals surface area contributed by atoms with Crippen LogP contribution in [0.4, 0.5) is 21.8 Å². The number of nitrogens with zero attached hydrogens (tertiary/aromatic N) is 2. The van der Waals surface area contributed by atoms with E-state index in [1.54, 1.807) is 17.4 Å². The van der Waals surface area contributed by atoms with E-state index in [0.29, 0.717) is 11.6 Å². The number of para-hydroxylation sites is 1. The Balaban J connectivity index is 1.76. The Morgan fingerprint density at radius 1 is 1.17 bits per heavy atom. The molecule has 0 aliphatic heterocycles. The van der Waals surface area contributed by atoms with Gasteiger partial charge in [0.15, 0.2) is 0 Å². The molecule has 0 bridgehead atoms. The van der Waals surface area contributed by atoms with E-state index < -0.39 is 5.82 Å². The van der Waals surface area contributed by atoms with E-state index in [4.69, 9.17) is 16.6 Å². The van der Waals surface area contributed by atoms with Gasteiger partial charge >= 0.3 is 0 Å². The minimum absolute atomic E-state index is 0.0408. The van der Waals surface area contributed by atoms with E-state index in [2.05, 4.69) is 49.9 Å². The second-order valence-electron chi connectivity index (χ2n) is 6.41. The molecule has 8 heteroatoms. The van der Waals surface area contributed by atoms with Crippen LogP contribution in [0.2, 0.25) is 5.02 Å². The summed E-state index contributed by atoms with van der Waals surface area (Å²) in [4.78, 5) is 10.6. The van der Waals surface area contributed by atoms with Gasteiger partial charge in [0.1, 0.15) is 11.6 Å². The number of halogens is 3. The van der Waals surface area contributed by atoms with Gasteiger partial charge in [-0.05, 0) is 64.1 Å². The lowest BCUT2D eigenvalue weighted by atomic mass is 10.1. The van der Waals surface area contributed by atoms with Crippen molar-refractivity contribution in [2.75, 3.05) is 10.6 Å². The summed E-state index contributed by atoms with van der Waals surface area (Å²) in [5.74, 6) is 0.659. The summed E-state index contributed by atoms with van der Waals surface area (Å²) in [5.41, 5.74) is 1.39. The highest BCUT2D eigenvalue weighted by molar-refractivity contribution is 9.10. The summed E-state index contributed by atoms with van der Waals surface area (Å²) < 4.78 is 14.3. The number of anilines is 3. The predicted octanol–water partition coefficient (Wildman–Crippen LogP) is 7.55. The van der Waals surface area contributed by atoms with Crippen molar-refractivity contribution in [1.29, 1.82) is 0 Å². The maximum Gasteiger partial charge on any atom is 0.229 e. The second kappa shape index (κ2) is 8.65. The lowest BCUT2D eigenvalue weighted by Crippen LogP contribution is -2.11. The Morgan fingerprint density at radius 3 is 2.76 bits per heavy atom. The minimum atomic E-state index is -0.469. The van der Waals surface area contributed by atoms with Gasteiger partial charge in [0.25, 0.3) is 0 Å². The Morgan fingerprint density at radius 2 is 2.03 bits per heavy atom. The quantitative estimate of drug-likeness (QED) is 0.292. The maximum atomic E-state index is 13.5. The molecule has 29 heavy (non-hydrogen) atoms. The van der Waals surface area contributed by atoms with Gasteiger partial charge in [-0.25, -0.2) is 9.37 Å².